The molecule has 1 aromatic rings. The number of methoxy groups -OCH3 is 1. The van der Waals surface area contributed by atoms with Crippen LogP contribution in [-0.4, -0.2) is 48.3 Å². The predicted molar refractivity (Wildman–Crippen MR) is 79.9 cm³/mol. The molecule has 1 aliphatic heterocycles. The van der Waals surface area contributed by atoms with Crippen molar-refractivity contribution in [1.29, 1.82) is 0 Å². The number of likely N-dealkylation sites (tertiary alicyclic amines) is 1. The summed E-state index contributed by atoms with van der Waals surface area (Å²) < 4.78 is 10.7. The summed E-state index contributed by atoms with van der Waals surface area (Å²) in [6.07, 6.45) is 0. The SMILES string of the molecule is CCOc1ccc(C(=O)N2CC(O)(C(C)C)C2)cc1OC. The fourth-order valence-electron chi connectivity index (χ4n) is 2.38. The van der Waals surface area contributed by atoms with Gasteiger partial charge in [0.05, 0.1) is 26.8 Å². The smallest absolute Gasteiger partial charge is 0.254 e. The number of rotatable bonds is 5. The molecule has 0 bridgehead atoms. The topological polar surface area (TPSA) is 59.0 Å². The van der Waals surface area contributed by atoms with Gasteiger partial charge in [-0.3, -0.25) is 4.79 Å². The molecule has 1 aliphatic rings. The third-order valence-electron chi connectivity index (χ3n) is 4.00. The van der Waals surface area contributed by atoms with Gasteiger partial charge in [0.15, 0.2) is 11.5 Å². The first kappa shape index (κ1) is 15.6. The van der Waals surface area contributed by atoms with Crippen molar-refractivity contribution in [1.82, 2.24) is 4.90 Å². The first-order valence-corrected chi connectivity index (χ1v) is 7.23. The third-order valence-corrected chi connectivity index (χ3v) is 4.00. The van der Waals surface area contributed by atoms with Crippen LogP contribution < -0.4 is 9.47 Å². The Bertz CT molecular complexity index is 521. The van der Waals surface area contributed by atoms with Gasteiger partial charge in [-0.25, -0.2) is 0 Å². The molecule has 0 unspecified atom stereocenters. The van der Waals surface area contributed by atoms with Crippen LogP contribution in [0.25, 0.3) is 0 Å². The van der Waals surface area contributed by atoms with Crippen molar-refractivity contribution in [3.05, 3.63) is 23.8 Å². The number of β-amino-alcohol motifs (C(OH)–C–C–N with tert-alkyl or cyclic N) is 1. The minimum atomic E-state index is -0.759. The number of hydrogen-bond acceptors (Lipinski definition) is 4. The van der Waals surface area contributed by atoms with E-state index in [-0.39, 0.29) is 11.8 Å². The Kier molecular flexibility index (Phi) is 4.42. The first-order valence-electron chi connectivity index (χ1n) is 7.23. The van der Waals surface area contributed by atoms with Gasteiger partial charge in [-0.1, -0.05) is 13.8 Å². The highest BCUT2D eigenvalue weighted by Gasteiger charge is 2.45. The lowest BCUT2D eigenvalue weighted by molar-refractivity contribution is -0.110. The fourth-order valence-corrected chi connectivity index (χ4v) is 2.38. The Labute approximate surface area is 125 Å². The summed E-state index contributed by atoms with van der Waals surface area (Å²) in [6.45, 7) is 7.10. The van der Waals surface area contributed by atoms with E-state index in [1.54, 1.807) is 30.2 Å². The molecule has 5 heteroatoms. The summed E-state index contributed by atoms with van der Waals surface area (Å²) in [6, 6.07) is 5.15. The van der Waals surface area contributed by atoms with Gasteiger partial charge in [0.25, 0.3) is 5.91 Å². The monoisotopic (exact) mass is 293 g/mol. The van der Waals surface area contributed by atoms with Gasteiger partial charge < -0.3 is 19.5 Å². The van der Waals surface area contributed by atoms with Crippen LogP contribution in [0.2, 0.25) is 0 Å². The maximum Gasteiger partial charge on any atom is 0.254 e. The van der Waals surface area contributed by atoms with Crippen LogP contribution in [0, 0.1) is 5.92 Å². The Morgan fingerprint density at radius 3 is 2.57 bits per heavy atom. The number of benzene rings is 1. The Hall–Kier alpha value is -1.75. The lowest BCUT2D eigenvalue weighted by Gasteiger charge is -2.49. The van der Waals surface area contributed by atoms with Gasteiger partial charge in [0, 0.05) is 5.56 Å². The predicted octanol–water partition coefficient (Wildman–Crippen LogP) is 1.94. The van der Waals surface area contributed by atoms with E-state index >= 15 is 0 Å². The number of nitrogens with zero attached hydrogens (tertiary/aromatic N) is 1. The van der Waals surface area contributed by atoms with Crippen molar-refractivity contribution in [2.45, 2.75) is 26.4 Å². The van der Waals surface area contributed by atoms with E-state index in [4.69, 9.17) is 9.47 Å². The normalized spacial score (nSPS) is 16.6. The highest BCUT2D eigenvalue weighted by molar-refractivity contribution is 5.95. The van der Waals surface area contributed by atoms with Crippen LogP contribution in [0.3, 0.4) is 0 Å². The van der Waals surface area contributed by atoms with Crippen LogP contribution in [0.15, 0.2) is 18.2 Å². The molecule has 0 saturated carbocycles. The minimum absolute atomic E-state index is 0.0957. The lowest BCUT2D eigenvalue weighted by atomic mass is 9.82. The number of carbonyl (C=O) groups excluding carboxylic acids is 1. The Morgan fingerprint density at radius 2 is 2.05 bits per heavy atom. The van der Waals surface area contributed by atoms with Crippen LogP contribution in [0.5, 0.6) is 11.5 Å². The van der Waals surface area contributed by atoms with Crippen molar-refractivity contribution < 1.29 is 19.4 Å². The average Bonchev–Trinajstić information content (AvgIpc) is 2.43. The van der Waals surface area contributed by atoms with Crippen LogP contribution in [0.4, 0.5) is 0 Å². The van der Waals surface area contributed by atoms with Crippen LogP contribution in [-0.2, 0) is 0 Å². The zero-order valence-corrected chi connectivity index (χ0v) is 13.0. The van der Waals surface area contributed by atoms with Crippen LogP contribution in [0.1, 0.15) is 31.1 Å². The van der Waals surface area contributed by atoms with E-state index in [0.29, 0.717) is 36.8 Å². The Balaban J connectivity index is 2.11. The zero-order valence-electron chi connectivity index (χ0n) is 13.0. The Morgan fingerprint density at radius 1 is 1.38 bits per heavy atom. The molecule has 0 atom stereocenters. The third kappa shape index (κ3) is 2.97. The van der Waals surface area contributed by atoms with E-state index in [9.17, 15) is 9.90 Å². The standard InChI is InChI=1S/C16H23NO4/c1-5-21-13-7-6-12(8-14(13)20-4)15(18)17-9-16(19,10-17)11(2)3/h6-8,11,19H,5,9-10H2,1-4H3. The molecule has 1 aromatic carbocycles. The minimum Gasteiger partial charge on any atom is -0.493 e. The molecule has 0 radical (unpaired) electrons. The summed E-state index contributed by atoms with van der Waals surface area (Å²) in [4.78, 5) is 14.0. The van der Waals surface area contributed by atoms with Gasteiger partial charge in [0.1, 0.15) is 5.60 Å². The van der Waals surface area contributed by atoms with Crippen molar-refractivity contribution in [2.24, 2.45) is 5.92 Å². The number of amides is 1. The van der Waals surface area contributed by atoms with E-state index in [1.807, 2.05) is 20.8 Å². The lowest BCUT2D eigenvalue weighted by Crippen LogP contribution is -2.65. The van der Waals surface area contributed by atoms with Crippen LogP contribution >= 0.6 is 0 Å². The van der Waals surface area contributed by atoms with E-state index < -0.39 is 5.60 Å². The molecule has 1 fully saturated rings. The summed E-state index contributed by atoms with van der Waals surface area (Å²) >= 11 is 0. The molecule has 5 nitrogen and oxygen atoms in total. The molecule has 21 heavy (non-hydrogen) atoms. The van der Waals surface area contributed by atoms with Crippen molar-refractivity contribution in [3.63, 3.8) is 0 Å². The van der Waals surface area contributed by atoms with E-state index in [1.165, 1.54) is 0 Å². The molecule has 1 saturated heterocycles. The molecule has 0 aromatic heterocycles. The molecule has 2 rings (SSSR count). The molecular weight excluding hydrogens is 270 g/mol. The van der Waals surface area contributed by atoms with Gasteiger partial charge in [-0.2, -0.15) is 0 Å². The molecule has 1 amide bonds. The highest BCUT2D eigenvalue weighted by atomic mass is 16.5. The molecule has 116 valence electrons. The number of carbonyl (C=O) groups is 1. The molecular formula is C16H23NO4. The van der Waals surface area contributed by atoms with Crippen molar-refractivity contribution >= 4 is 5.91 Å². The maximum absolute atomic E-state index is 12.4. The summed E-state index contributed by atoms with van der Waals surface area (Å²) in [5, 5.41) is 10.2. The van der Waals surface area contributed by atoms with E-state index in [2.05, 4.69) is 0 Å². The van der Waals surface area contributed by atoms with Crippen molar-refractivity contribution in [2.75, 3.05) is 26.8 Å². The molecule has 1 heterocycles. The second kappa shape index (κ2) is 5.93. The quantitative estimate of drug-likeness (QED) is 0.901. The molecule has 0 aliphatic carbocycles. The average molecular weight is 293 g/mol. The molecule has 0 spiro atoms. The largest absolute Gasteiger partial charge is 0.493 e. The van der Waals surface area contributed by atoms with E-state index in [0.717, 1.165) is 0 Å². The van der Waals surface area contributed by atoms with Gasteiger partial charge in [-0.05, 0) is 31.0 Å². The summed E-state index contributed by atoms with van der Waals surface area (Å²) in [5.41, 5.74) is -0.216. The number of ether oxygens (including phenoxy) is 2. The summed E-state index contributed by atoms with van der Waals surface area (Å²) in [5.74, 6) is 1.21. The second-order valence-electron chi connectivity index (χ2n) is 5.72. The maximum atomic E-state index is 12.4. The first-order chi connectivity index (χ1) is 9.91. The van der Waals surface area contributed by atoms with Gasteiger partial charge in [-0.15, -0.1) is 0 Å². The number of aliphatic hydroxyl groups is 1. The second-order valence-corrected chi connectivity index (χ2v) is 5.72. The van der Waals surface area contributed by atoms with Gasteiger partial charge >= 0.3 is 0 Å². The summed E-state index contributed by atoms with van der Waals surface area (Å²) in [7, 11) is 1.55. The molecule has 1 N–H and O–H groups in total. The van der Waals surface area contributed by atoms with Crippen molar-refractivity contribution in [3.8, 4) is 11.5 Å². The zero-order chi connectivity index (χ0) is 15.6. The van der Waals surface area contributed by atoms with Gasteiger partial charge in [0.2, 0.25) is 0 Å². The highest BCUT2D eigenvalue weighted by Crippen LogP contribution is 2.32. The fraction of sp³-hybridized carbons (Fsp3) is 0.562. The number of hydrogen-bond donors (Lipinski definition) is 1.